The van der Waals surface area contributed by atoms with Crippen molar-refractivity contribution in [1.82, 2.24) is 15.0 Å². The Bertz CT molecular complexity index is 1520. The van der Waals surface area contributed by atoms with E-state index in [9.17, 15) is 44.0 Å². The summed E-state index contributed by atoms with van der Waals surface area (Å²) in [5.41, 5.74) is -2.34. The van der Waals surface area contributed by atoms with Crippen molar-refractivity contribution in [3.63, 3.8) is 0 Å². The third kappa shape index (κ3) is 4.21. The van der Waals surface area contributed by atoms with Crippen LogP contribution in [0, 0.1) is 0 Å². The van der Waals surface area contributed by atoms with Gasteiger partial charge in [-0.25, -0.2) is 4.68 Å². The molecule has 1 aliphatic carbocycles. The van der Waals surface area contributed by atoms with Crippen molar-refractivity contribution in [2.45, 2.75) is 15.4 Å². The lowest BCUT2D eigenvalue weighted by molar-refractivity contribution is 0.125. The second-order valence-electron chi connectivity index (χ2n) is 8.45. The van der Waals surface area contributed by atoms with Crippen molar-refractivity contribution < 1.29 is 44.0 Å². The Labute approximate surface area is 201 Å². The van der Waals surface area contributed by atoms with Crippen molar-refractivity contribution in [1.29, 1.82) is 0 Å². The molecule has 0 atom stereocenters. The van der Waals surface area contributed by atoms with Crippen LogP contribution in [0.3, 0.4) is 0 Å². The van der Waals surface area contributed by atoms with Crippen molar-refractivity contribution in [3.05, 3.63) is 89.7 Å². The summed E-state index contributed by atoms with van der Waals surface area (Å²) in [5, 5.41) is 18.7. The minimum atomic E-state index is -10.9. The molecule has 0 radical (unpaired) electrons. The number of fused-ring (bicyclic) bond motifs is 3. The molecule has 4 nitrogen and oxygen atoms in total. The lowest BCUT2D eigenvalue weighted by Crippen LogP contribution is -2.26. The van der Waals surface area contributed by atoms with Crippen LogP contribution in [-0.4, -0.2) is 20.1 Å². The fraction of sp³-hybridized carbons (Fsp3) is 0.0476. The topological polar surface area (TPSA) is 50.9 Å². The van der Waals surface area contributed by atoms with Gasteiger partial charge in [-0.15, -0.1) is 5.10 Å². The fourth-order valence-electron chi connectivity index (χ4n) is 4.18. The molecule has 0 amide bonds. The maximum Gasteiger partial charge on any atom is 0.310 e. The summed E-state index contributed by atoms with van der Waals surface area (Å²) in [4.78, 5) is -6.37. The Hall–Kier alpha value is -3.24. The highest BCUT2D eigenvalue weighted by molar-refractivity contribution is 8.46. The summed E-state index contributed by atoms with van der Waals surface area (Å²) in [6.07, 6.45) is 0.679. The van der Waals surface area contributed by atoms with Gasteiger partial charge in [0.25, 0.3) is 0 Å². The Morgan fingerprint density at radius 1 is 0.649 bits per heavy atom. The summed E-state index contributed by atoms with van der Waals surface area (Å²) >= 11 is 0. The van der Waals surface area contributed by atoms with Gasteiger partial charge in [0.2, 0.25) is 0 Å². The molecule has 16 heteroatoms. The van der Waals surface area contributed by atoms with Gasteiger partial charge in [-0.2, -0.15) is 0 Å². The van der Waals surface area contributed by atoms with Crippen LogP contribution in [-0.2, 0) is 5.60 Å². The van der Waals surface area contributed by atoms with Gasteiger partial charge < -0.3 is 5.11 Å². The van der Waals surface area contributed by atoms with Crippen molar-refractivity contribution in [2.24, 2.45) is 0 Å². The quantitative estimate of drug-likeness (QED) is 0.247. The van der Waals surface area contributed by atoms with Crippen LogP contribution >= 0.6 is 20.4 Å². The normalized spacial score (nSPS) is 18.7. The average molecular weight is 577 g/mol. The van der Waals surface area contributed by atoms with E-state index in [2.05, 4.69) is 10.3 Å². The van der Waals surface area contributed by atoms with E-state index in [0.717, 1.165) is 0 Å². The molecular weight excluding hydrogens is 564 g/mol. The molecule has 4 aromatic rings. The van der Waals surface area contributed by atoms with Crippen molar-refractivity contribution in [2.75, 3.05) is 0 Å². The van der Waals surface area contributed by atoms with E-state index in [1.165, 1.54) is 12.1 Å². The summed E-state index contributed by atoms with van der Waals surface area (Å²) < 4.78 is 134. The van der Waals surface area contributed by atoms with Gasteiger partial charge >= 0.3 is 20.4 Å². The molecule has 3 aromatic carbocycles. The molecule has 37 heavy (non-hydrogen) atoms. The Morgan fingerprint density at radius 2 is 1.08 bits per heavy atom. The van der Waals surface area contributed by atoms with Crippen LogP contribution < -0.4 is 0 Å². The van der Waals surface area contributed by atoms with Crippen LogP contribution in [0.4, 0.5) is 38.9 Å². The summed E-state index contributed by atoms with van der Waals surface area (Å²) in [7, 11) is -21.7. The SMILES string of the molecule is OC1(c2cn(-c3cc(S(F)(F)(F)(F)F)cc(S(F)(F)(F)(F)F)c3)nn2)c2ccccc2-c2ccccc21. The van der Waals surface area contributed by atoms with Crippen LogP contribution in [0.5, 0.6) is 0 Å². The number of nitrogens with zero attached hydrogens (tertiary/aromatic N) is 3. The summed E-state index contributed by atoms with van der Waals surface area (Å²) in [5.74, 6) is 0. The molecule has 0 spiro atoms. The van der Waals surface area contributed by atoms with E-state index in [0.29, 0.717) is 17.3 Å². The van der Waals surface area contributed by atoms with Gasteiger partial charge in [-0.1, -0.05) is 92.6 Å². The third-order valence-electron chi connectivity index (χ3n) is 5.81. The number of aliphatic hydroxyl groups is 1. The molecule has 5 rings (SSSR count). The number of aromatic nitrogens is 3. The number of benzene rings is 3. The predicted molar refractivity (Wildman–Crippen MR) is 118 cm³/mol. The average Bonchev–Trinajstić information content (AvgIpc) is 3.34. The van der Waals surface area contributed by atoms with E-state index in [4.69, 9.17) is 0 Å². The molecule has 1 N–H and O–H groups in total. The molecule has 0 saturated carbocycles. The molecule has 1 aromatic heterocycles. The minimum absolute atomic E-state index is 0.177. The van der Waals surface area contributed by atoms with Gasteiger partial charge in [0.1, 0.15) is 15.5 Å². The van der Waals surface area contributed by atoms with E-state index < -0.39 is 65.4 Å². The number of hydrogen-bond acceptors (Lipinski definition) is 3. The molecule has 0 saturated heterocycles. The number of halogens is 10. The lowest BCUT2D eigenvalue weighted by Gasteiger charge is -2.44. The van der Waals surface area contributed by atoms with Crippen LogP contribution in [0.1, 0.15) is 16.8 Å². The first-order valence-corrected chi connectivity index (χ1v) is 13.9. The largest absolute Gasteiger partial charge is 0.374 e. The summed E-state index contributed by atoms with van der Waals surface area (Å²) in [6.45, 7) is 0. The monoisotopic (exact) mass is 577 g/mol. The highest BCUT2D eigenvalue weighted by atomic mass is 32.5. The van der Waals surface area contributed by atoms with Crippen LogP contribution in [0.15, 0.2) is 82.7 Å². The van der Waals surface area contributed by atoms with Crippen molar-refractivity contribution >= 4 is 20.4 Å². The van der Waals surface area contributed by atoms with E-state index in [-0.39, 0.29) is 15.8 Å². The Balaban J connectivity index is 1.74. The van der Waals surface area contributed by atoms with Gasteiger partial charge in [-0.05, 0) is 29.3 Å². The van der Waals surface area contributed by atoms with Gasteiger partial charge in [0.15, 0.2) is 5.60 Å². The number of rotatable bonds is 4. The molecule has 200 valence electrons. The molecule has 0 aliphatic heterocycles. The summed E-state index contributed by atoms with van der Waals surface area (Å²) in [6, 6.07) is 10.5. The zero-order valence-electron chi connectivity index (χ0n) is 17.8. The molecule has 0 bridgehead atoms. The highest BCUT2D eigenvalue weighted by Gasteiger charge is 2.69. The zero-order chi connectivity index (χ0) is 27.4. The van der Waals surface area contributed by atoms with E-state index >= 15 is 0 Å². The fourth-order valence-corrected chi connectivity index (χ4v) is 5.64. The zero-order valence-corrected chi connectivity index (χ0v) is 19.4. The first-order valence-electron chi connectivity index (χ1n) is 9.96. The second-order valence-corrected chi connectivity index (χ2v) is 13.3. The smallest absolute Gasteiger partial charge is 0.310 e. The number of hydrogen-bond donors (Lipinski definition) is 1. The molecular formula is C21H13F10N3OS2. The first-order chi connectivity index (χ1) is 16.5. The van der Waals surface area contributed by atoms with Gasteiger partial charge in [0.05, 0.1) is 11.9 Å². The van der Waals surface area contributed by atoms with E-state index in [1.807, 2.05) is 0 Å². The Morgan fingerprint density at radius 3 is 1.51 bits per heavy atom. The molecule has 0 unspecified atom stereocenters. The first kappa shape index (κ1) is 25.4. The Kier molecular flexibility index (Phi) is 4.17. The van der Waals surface area contributed by atoms with Crippen LogP contribution in [0.2, 0.25) is 0 Å². The third-order valence-corrected chi connectivity index (χ3v) is 8.06. The van der Waals surface area contributed by atoms with Gasteiger partial charge in [-0.3, -0.25) is 0 Å². The highest BCUT2D eigenvalue weighted by Crippen LogP contribution is 3.05. The van der Waals surface area contributed by atoms with E-state index in [1.54, 1.807) is 36.4 Å². The molecule has 0 fully saturated rings. The maximum atomic E-state index is 13.4. The standard InChI is InChI=1S/C21H13F10N3OS2/c22-36(23,24,25,26)14-9-13(10-15(11-14)37(27,28,29,30)31)34-12-20(32-33-34)21(35)18-7-3-1-5-16(18)17-6-2-4-8-19(17)21/h1-12,35H. The predicted octanol–water partition coefficient (Wildman–Crippen LogP) is 8.85. The van der Waals surface area contributed by atoms with Crippen molar-refractivity contribution in [3.8, 4) is 16.8 Å². The lowest BCUT2D eigenvalue weighted by atomic mass is 9.88. The van der Waals surface area contributed by atoms with Gasteiger partial charge in [0, 0.05) is 11.1 Å². The molecule has 1 aliphatic rings. The molecule has 1 heterocycles. The maximum absolute atomic E-state index is 13.4. The van der Waals surface area contributed by atoms with Crippen LogP contribution in [0.25, 0.3) is 16.8 Å². The second kappa shape index (κ2) is 6.07. The minimum Gasteiger partial charge on any atom is -0.374 e.